The molecule has 2 rings (SSSR count). The van der Waals surface area contributed by atoms with Crippen molar-refractivity contribution in [1.29, 1.82) is 0 Å². The normalized spacial score (nSPS) is 12.0. The second-order valence-corrected chi connectivity index (χ2v) is 5.81. The Morgan fingerprint density at radius 3 is 2.57 bits per heavy atom. The van der Waals surface area contributed by atoms with E-state index in [1.54, 1.807) is 42.5 Å². The van der Waals surface area contributed by atoms with Crippen LogP contribution in [0.1, 0.15) is 22.0 Å². The molecule has 2 aromatic carbocycles. The molecule has 1 atom stereocenters. The van der Waals surface area contributed by atoms with Gasteiger partial charge in [0, 0.05) is 21.7 Å². The van der Waals surface area contributed by atoms with Crippen molar-refractivity contribution in [3.8, 4) is 0 Å². The Hall–Kier alpha value is -1.56. The number of halogens is 2. The number of carbonyl (C=O) groups is 1. The maximum absolute atomic E-state index is 12.1. The molecule has 0 bridgehead atoms. The number of benzene rings is 2. The van der Waals surface area contributed by atoms with Crippen LogP contribution in [0.5, 0.6) is 0 Å². The largest absolute Gasteiger partial charge is 0.399 e. The lowest BCUT2D eigenvalue weighted by Gasteiger charge is -2.13. The van der Waals surface area contributed by atoms with Gasteiger partial charge in [-0.05, 0) is 51.8 Å². The van der Waals surface area contributed by atoms with Crippen LogP contribution in [0.4, 0.5) is 5.69 Å². The zero-order valence-corrected chi connectivity index (χ0v) is 13.4. The molecule has 0 radical (unpaired) electrons. The SMILES string of the molecule is Nc1ccc(C(O)CNC(=O)c2ccc(Cl)cc2Br)cc1. The van der Waals surface area contributed by atoms with Crippen LogP contribution in [-0.4, -0.2) is 17.6 Å². The molecule has 0 saturated heterocycles. The van der Waals surface area contributed by atoms with Gasteiger partial charge in [-0.25, -0.2) is 0 Å². The molecule has 2 aromatic rings. The van der Waals surface area contributed by atoms with Gasteiger partial charge in [-0.15, -0.1) is 0 Å². The summed E-state index contributed by atoms with van der Waals surface area (Å²) < 4.78 is 0.606. The Kier molecular flexibility index (Phi) is 5.22. The van der Waals surface area contributed by atoms with Crippen LogP contribution in [0.15, 0.2) is 46.9 Å². The van der Waals surface area contributed by atoms with E-state index in [0.29, 0.717) is 26.3 Å². The molecule has 0 heterocycles. The Bertz CT molecular complexity index is 647. The fourth-order valence-corrected chi connectivity index (χ4v) is 2.66. The van der Waals surface area contributed by atoms with Crippen LogP contribution in [0, 0.1) is 0 Å². The predicted molar refractivity (Wildman–Crippen MR) is 87.3 cm³/mol. The summed E-state index contributed by atoms with van der Waals surface area (Å²) in [5.41, 5.74) is 7.37. The summed E-state index contributed by atoms with van der Waals surface area (Å²) in [5.74, 6) is -0.284. The van der Waals surface area contributed by atoms with Crippen LogP contribution >= 0.6 is 27.5 Å². The van der Waals surface area contributed by atoms with Gasteiger partial charge in [0.1, 0.15) is 0 Å². The number of amides is 1. The second-order valence-electron chi connectivity index (χ2n) is 4.52. The van der Waals surface area contributed by atoms with E-state index in [2.05, 4.69) is 21.2 Å². The average Bonchev–Trinajstić information content (AvgIpc) is 2.45. The number of anilines is 1. The van der Waals surface area contributed by atoms with Crippen LogP contribution in [0.3, 0.4) is 0 Å². The molecule has 0 fully saturated rings. The third-order valence-electron chi connectivity index (χ3n) is 2.95. The minimum absolute atomic E-state index is 0.109. The molecule has 21 heavy (non-hydrogen) atoms. The van der Waals surface area contributed by atoms with Crippen molar-refractivity contribution in [2.75, 3.05) is 12.3 Å². The molecular formula is C15H14BrClN2O2. The molecule has 0 saturated carbocycles. The molecule has 0 aliphatic heterocycles. The third-order valence-corrected chi connectivity index (χ3v) is 3.84. The van der Waals surface area contributed by atoms with E-state index in [0.717, 1.165) is 0 Å². The molecule has 4 N–H and O–H groups in total. The zero-order chi connectivity index (χ0) is 15.4. The van der Waals surface area contributed by atoms with Gasteiger partial charge in [-0.3, -0.25) is 4.79 Å². The van der Waals surface area contributed by atoms with Gasteiger partial charge >= 0.3 is 0 Å². The summed E-state index contributed by atoms with van der Waals surface area (Å²) in [7, 11) is 0. The summed E-state index contributed by atoms with van der Waals surface area (Å²) >= 11 is 9.12. The van der Waals surface area contributed by atoms with Crippen LogP contribution in [-0.2, 0) is 0 Å². The highest BCUT2D eigenvalue weighted by Gasteiger charge is 2.13. The molecular weight excluding hydrogens is 356 g/mol. The van der Waals surface area contributed by atoms with Crippen molar-refractivity contribution in [3.05, 3.63) is 63.1 Å². The van der Waals surface area contributed by atoms with Gasteiger partial charge in [0.15, 0.2) is 0 Å². The first-order valence-electron chi connectivity index (χ1n) is 6.24. The second kappa shape index (κ2) is 6.93. The summed E-state index contributed by atoms with van der Waals surface area (Å²) in [5, 5.41) is 13.3. The Morgan fingerprint density at radius 1 is 1.29 bits per heavy atom. The van der Waals surface area contributed by atoms with E-state index in [9.17, 15) is 9.90 Å². The van der Waals surface area contributed by atoms with Crippen molar-refractivity contribution >= 4 is 39.1 Å². The maximum atomic E-state index is 12.1. The van der Waals surface area contributed by atoms with Crippen LogP contribution < -0.4 is 11.1 Å². The maximum Gasteiger partial charge on any atom is 0.252 e. The minimum atomic E-state index is -0.791. The van der Waals surface area contributed by atoms with Gasteiger partial charge in [0.25, 0.3) is 5.91 Å². The number of carbonyl (C=O) groups excluding carboxylic acids is 1. The quantitative estimate of drug-likeness (QED) is 0.725. The first kappa shape index (κ1) is 15.8. The van der Waals surface area contributed by atoms with Gasteiger partial charge in [0.2, 0.25) is 0 Å². The van der Waals surface area contributed by atoms with Crippen molar-refractivity contribution in [2.45, 2.75) is 6.10 Å². The van der Waals surface area contributed by atoms with Crippen molar-refractivity contribution in [1.82, 2.24) is 5.32 Å². The lowest BCUT2D eigenvalue weighted by molar-refractivity contribution is 0.0915. The summed E-state index contributed by atoms with van der Waals surface area (Å²) in [4.78, 5) is 12.1. The number of nitrogens with one attached hydrogen (secondary N) is 1. The predicted octanol–water partition coefficient (Wildman–Crippen LogP) is 3.15. The first-order chi connectivity index (χ1) is 9.97. The molecule has 110 valence electrons. The van der Waals surface area contributed by atoms with Crippen molar-refractivity contribution in [2.24, 2.45) is 0 Å². The van der Waals surface area contributed by atoms with Gasteiger partial charge in [-0.2, -0.15) is 0 Å². The van der Waals surface area contributed by atoms with E-state index < -0.39 is 6.10 Å². The van der Waals surface area contributed by atoms with E-state index in [-0.39, 0.29) is 12.5 Å². The summed E-state index contributed by atoms with van der Waals surface area (Å²) in [6.45, 7) is 0.109. The number of hydrogen-bond donors (Lipinski definition) is 3. The first-order valence-corrected chi connectivity index (χ1v) is 7.41. The summed E-state index contributed by atoms with van der Waals surface area (Å²) in [6, 6.07) is 11.8. The van der Waals surface area contributed by atoms with E-state index in [4.69, 9.17) is 17.3 Å². The minimum Gasteiger partial charge on any atom is -0.399 e. The van der Waals surface area contributed by atoms with E-state index in [1.807, 2.05) is 0 Å². The molecule has 1 amide bonds. The fraction of sp³-hybridized carbons (Fsp3) is 0.133. The molecule has 4 nitrogen and oxygen atoms in total. The van der Waals surface area contributed by atoms with E-state index in [1.165, 1.54) is 0 Å². The number of hydrogen-bond acceptors (Lipinski definition) is 3. The number of nitrogen functional groups attached to an aromatic ring is 1. The number of aliphatic hydroxyl groups excluding tert-OH is 1. The molecule has 0 aliphatic rings. The van der Waals surface area contributed by atoms with Gasteiger partial charge in [0.05, 0.1) is 11.7 Å². The lowest BCUT2D eigenvalue weighted by Crippen LogP contribution is -2.28. The molecule has 1 unspecified atom stereocenters. The van der Waals surface area contributed by atoms with Crippen LogP contribution in [0.2, 0.25) is 5.02 Å². The van der Waals surface area contributed by atoms with Gasteiger partial charge in [-0.1, -0.05) is 23.7 Å². The lowest BCUT2D eigenvalue weighted by atomic mass is 10.1. The van der Waals surface area contributed by atoms with Crippen LogP contribution in [0.25, 0.3) is 0 Å². The Morgan fingerprint density at radius 2 is 1.95 bits per heavy atom. The Labute approximate surface area is 136 Å². The zero-order valence-electron chi connectivity index (χ0n) is 11.0. The number of nitrogens with two attached hydrogens (primary N) is 1. The molecule has 0 aromatic heterocycles. The monoisotopic (exact) mass is 368 g/mol. The van der Waals surface area contributed by atoms with E-state index >= 15 is 0 Å². The number of rotatable bonds is 4. The fourth-order valence-electron chi connectivity index (χ4n) is 1.79. The molecule has 6 heteroatoms. The van der Waals surface area contributed by atoms with Crippen molar-refractivity contribution in [3.63, 3.8) is 0 Å². The molecule has 0 aliphatic carbocycles. The van der Waals surface area contributed by atoms with Gasteiger partial charge < -0.3 is 16.2 Å². The summed E-state index contributed by atoms with van der Waals surface area (Å²) in [6.07, 6.45) is -0.791. The van der Waals surface area contributed by atoms with Crippen molar-refractivity contribution < 1.29 is 9.90 Å². The topological polar surface area (TPSA) is 75.3 Å². The highest BCUT2D eigenvalue weighted by atomic mass is 79.9. The molecule has 0 spiro atoms. The highest BCUT2D eigenvalue weighted by Crippen LogP contribution is 2.21. The highest BCUT2D eigenvalue weighted by molar-refractivity contribution is 9.10. The average molecular weight is 370 g/mol. The number of aliphatic hydroxyl groups is 1. The standard InChI is InChI=1S/C15H14BrClN2O2/c16-13-7-10(17)3-6-12(13)15(21)19-8-14(20)9-1-4-11(18)5-2-9/h1-7,14,20H,8,18H2,(H,19,21). The Balaban J connectivity index is 1.99. The third kappa shape index (κ3) is 4.20. The smallest absolute Gasteiger partial charge is 0.252 e.